The lowest BCUT2D eigenvalue weighted by atomic mass is 9.80. The van der Waals surface area contributed by atoms with Crippen molar-refractivity contribution in [2.24, 2.45) is 5.73 Å². The van der Waals surface area contributed by atoms with E-state index in [4.69, 9.17) is 5.73 Å². The van der Waals surface area contributed by atoms with Gasteiger partial charge in [-0.3, -0.25) is 4.98 Å². The maximum absolute atomic E-state index is 13.8. The first-order chi connectivity index (χ1) is 10.2. The van der Waals surface area contributed by atoms with Crippen LogP contribution in [0.4, 0.5) is 8.78 Å². The van der Waals surface area contributed by atoms with E-state index in [-0.39, 0.29) is 23.9 Å². The zero-order chi connectivity index (χ0) is 14.8. The van der Waals surface area contributed by atoms with Crippen molar-refractivity contribution in [1.29, 1.82) is 0 Å². The average molecular weight is 288 g/mol. The zero-order valence-corrected chi connectivity index (χ0v) is 11.7. The van der Waals surface area contributed by atoms with Gasteiger partial charge in [-0.1, -0.05) is 12.1 Å². The minimum Gasteiger partial charge on any atom is -0.327 e. The Labute approximate surface area is 123 Å². The fourth-order valence-electron chi connectivity index (χ4n) is 3.17. The van der Waals surface area contributed by atoms with E-state index in [0.717, 1.165) is 25.0 Å². The summed E-state index contributed by atoms with van der Waals surface area (Å²) in [5, 5.41) is 0. The Bertz CT molecular complexity index is 622. The number of hydrogen-bond donors (Lipinski definition) is 1. The quantitative estimate of drug-likeness (QED) is 0.940. The van der Waals surface area contributed by atoms with Crippen molar-refractivity contribution >= 4 is 0 Å². The molecule has 0 spiro atoms. The Morgan fingerprint density at radius 1 is 1.19 bits per heavy atom. The SMILES string of the molecule is NC(Cc1c(F)cccc1F)C1CCCc2cccnc21. The molecular formula is C17H18F2N2. The summed E-state index contributed by atoms with van der Waals surface area (Å²) in [6.07, 6.45) is 4.91. The van der Waals surface area contributed by atoms with Crippen LogP contribution < -0.4 is 5.73 Å². The molecule has 3 rings (SSSR count). The summed E-state index contributed by atoms with van der Waals surface area (Å²) in [4.78, 5) is 4.44. The van der Waals surface area contributed by atoms with Crippen LogP contribution >= 0.6 is 0 Å². The molecule has 1 aliphatic carbocycles. The Balaban J connectivity index is 1.85. The summed E-state index contributed by atoms with van der Waals surface area (Å²) in [5.41, 5.74) is 8.54. The first kappa shape index (κ1) is 14.1. The van der Waals surface area contributed by atoms with Gasteiger partial charge in [-0.15, -0.1) is 0 Å². The van der Waals surface area contributed by atoms with Crippen molar-refractivity contribution in [3.05, 3.63) is 65.0 Å². The summed E-state index contributed by atoms with van der Waals surface area (Å²) in [6.45, 7) is 0. The molecule has 21 heavy (non-hydrogen) atoms. The van der Waals surface area contributed by atoms with Gasteiger partial charge in [0.15, 0.2) is 0 Å². The molecule has 0 bridgehead atoms. The molecule has 2 aromatic rings. The van der Waals surface area contributed by atoms with Gasteiger partial charge in [0.1, 0.15) is 11.6 Å². The fourth-order valence-corrected chi connectivity index (χ4v) is 3.17. The average Bonchev–Trinajstić information content (AvgIpc) is 2.50. The van der Waals surface area contributed by atoms with E-state index in [1.807, 2.05) is 6.07 Å². The molecule has 0 aliphatic heterocycles. The first-order valence-corrected chi connectivity index (χ1v) is 7.29. The highest BCUT2D eigenvalue weighted by atomic mass is 19.1. The third-order valence-electron chi connectivity index (χ3n) is 4.26. The number of halogens is 2. The Hall–Kier alpha value is -1.81. The standard InChI is InChI=1S/C17H18F2N2/c18-14-7-2-8-15(19)13(14)10-16(20)12-6-1-4-11-5-3-9-21-17(11)12/h2-3,5,7-9,12,16H,1,4,6,10,20H2. The second kappa shape index (κ2) is 5.90. The van der Waals surface area contributed by atoms with Crippen LogP contribution in [0, 0.1) is 11.6 Å². The van der Waals surface area contributed by atoms with Crippen LogP contribution in [0.3, 0.4) is 0 Å². The van der Waals surface area contributed by atoms with Gasteiger partial charge in [0, 0.05) is 29.4 Å². The smallest absolute Gasteiger partial charge is 0.129 e. The van der Waals surface area contributed by atoms with E-state index < -0.39 is 11.6 Å². The second-order valence-electron chi connectivity index (χ2n) is 5.61. The molecule has 4 heteroatoms. The number of nitrogens with two attached hydrogens (primary N) is 1. The van der Waals surface area contributed by atoms with E-state index in [9.17, 15) is 8.78 Å². The van der Waals surface area contributed by atoms with Crippen LogP contribution in [0.1, 0.15) is 35.6 Å². The van der Waals surface area contributed by atoms with Crippen molar-refractivity contribution in [1.82, 2.24) is 4.98 Å². The topological polar surface area (TPSA) is 38.9 Å². The van der Waals surface area contributed by atoms with Gasteiger partial charge >= 0.3 is 0 Å². The Morgan fingerprint density at radius 2 is 1.95 bits per heavy atom. The molecule has 110 valence electrons. The molecular weight excluding hydrogens is 270 g/mol. The summed E-state index contributed by atoms with van der Waals surface area (Å²) >= 11 is 0. The molecule has 2 nitrogen and oxygen atoms in total. The molecule has 2 N–H and O–H groups in total. The minimum atomic E-state index is -0.525. The summed E-state index contributed by atoms with van der Waals surface area (Å²) in [6, 6.07) is 7.58. The van der Waals surface area contributed by atoms with Crippen molar-refractivity contribution in [3.63, 3.8) is 0 Å². The highest BCUT2D eigenvalue weighted by Crippen LogP contribution is 2.33. The predicted octanol–water partition coefficient (Wildman–Crippen LogP) is 3.35. The molecule has 1 aromatic heterocycles. The van der Waals surface area contributed by atoms with Crippen LogP contribution in [-0.4, -0.2) is 11.0 Å². The molecule has 2 unspecified atom stereocenters. The van der Waals surface area contributed by atoms with Gasteiger partial charge in [-0.25, -0.2) is 8.78 Å². The number of aromatic nitrogens is 1. The lowest BCUT2D eigenvalue weighted by molar-refractivity contribution is 0.436. The number of benzene rings is 1. The van der Waals surface area contributed by atoms with Crippen molar-refractivity contribution < 1.29 is 8.78 Å². The van der Waals surface area contributed by atoms with Crippen LogP contribution in [-0.2, 0) is 12.8 Å². The molecule has 1 aromatic carbocycles. The van der Waals surface area contributed by atoms with Crippen molar-refractivity contribution in [2.45, 2.75) is 37.6 Å². The molecule has 0 saturated carbocycles. The molecule has 2 atom stereocenters. The van der Waals surface area contributed by atoms with Gasteiger partial charge < -0.3 is 5.73 Å². The maximum atomic E-state index is 13.8. The van der Waals surface area contributed by atoms with Gasteiger partial charge in [-0.05, 0) is 49.4 Å². The largest absolute Gasteiger partial charge is 0.327 e. The normalized spacial score (nSPS) is 19.1. The number of aryl methyl sites for hydroxylation is 1. The van der Waals surface area contributed by atoms with Crippen LogP contribution in [0.15, 0.2) is 36.5 Å². The molecule has 1 aliphatic rings. The lowest BCUT2D eigenvalue weighted by Crippen LogP contribution is -2.34. The first-order valence-electron chi connectivity index (χ1n) is 7.29. The Kier molecular flexibility index (Phi) is 3.97. The van der Waals surface area contributed by atoms with E-state index in [0.29, 0.717) is 0 Å². The number of pyridine rings is 1. The van der Waals surface area contributed by atoms with E-state index in [1.165, 1.54) is 23.8 Å². The maximum Gasteiger partial charge on any atom is 0.129 e. The Morgan fingerprint density at radius 3 is 2.71 bits per heavy atom. The third-order valence-corrected chi connectivity index (χ3v) is 4.26. The van der Waals surface area contributed by atoms with Crippen LogP contribution in [0.2, 0.25) is 0 Å². The lowest BCUT2D eigenvalue weighted by Gasteiger charge is -2.29. The van der Waals surface area contributed by atoms with Crippen molar-refractivity contribution in [3.8, 4) is 0 Å². The van der Waals surface area contributed by atoms with E-state index in [1.54, 1.807) is 6.20 Å². The third kappa shape index (κ3) is 2.81. The number of rotatable bonds is 3. The minimum absolute atomic E-state index is 0.0638. The van der Waals surface area contributed by atoms with Gasteiger partial charge in [0.05, 0.1) is 0 Å². The van der Waals surface area contributed by atoms with Gasteiger partial charge in [0.2, 0.25) is 0 Å². The molecule has 0 fully saturated rings. The zero-order valence-electron chi connectivity index (χ0n) is 11.7. The summed E-state index contributed by atoms with van der Waals surface area (Å²) in [5.74, 6) is -0.987. The molecule has 0 saturated heterocycles. The van der Waals surface area contributed by atoms with E-state index >= 15 is 0 Å². The molecule has 1 heterocycles. The number of hydrogen-bond acceptors (Lipinski definition) is 2. The number of nitrogens with zero attached hydrogens (tertiary/aromatic N) is 1. The second-order valence-corrected chi connectivity index (χ2v) is 5.61. The molecule has 0 amide bonds. The highest BCUT2D eigenvalue weighted by Gasteiger charge is 2.28. The highest BCUT2D eigenvalue weighted by molar-refractivity contribution is 5.29. The molecule has 0 radical (unpaired) electrons. The fraction of sp³-hybridized carbons (Fsp3) is 0.353. The monoisotopic (exact) mass is 288 g/mol. The van der Waals surface area contributed by atoms with Crippen LogP contribution in [0.25, 0.3) is 0 Å². The van der Waals surface area contributed by atoms with Crippen molar-refractivity contribution in [2.75, 3.05) is 0 Å². The van der Waals surface area contributed by atoms with Gasteiger partial charge in [0.25, 0.3) is 0 Å². The predicted molar refractivity (Wildman–Crippen MR) is 78.0 cm³/mol. The van der Waals surface area contributed by atoms with E-state index in [2.05, 4.69) is 11.1 Å². The van der Waals surface area contributed by atoms with Crippen LogP contribution in [0.5, 0.6) is 0 Å². The van der Waals surface area contributed by atoms with Gasteiger partial charge in [-0.2, -0.15) is 0 Å². The summed E-state index contributed by atoms with van der Waals surface area (Å²) in [7, 11) is 0. The summed E-state index contributed by atoms with van der Waals surface area (Å²) < 4.78 is 27.5. The number of fused-ring (bicyclic) bond motifs is 1.